The van der Waals surface area contributed by atoms with Crippen molar-refractivity contribution in [3.05, 3.63) is 18.1 Å². The molecule has 0 aliphatic carbocycles. The molecule has 1 N–H and O–H groups in total. The molecule has 0 saturated heterocycles. The van der Waals surface area contributed by atoms with Crippen LogP contribution in [-0.2, 0) is 0 Å². The largest absolute Gasteiger partial charge is 0.366 e. The maximum absolute atomic E-state index is 8.90. The van der Waals surface area contributed by atoms with Crippen LogP contribution in [0.2, 0.25) is 0 Å². The van der Waals surface area contributed by atoms with E-state index in [2.05, 4.69) is 47.9 Å². The number of nitrogens with one attached hydrogen (secondary N) is 1. The van der Waals surface area contributed by atoms with Crippen LogP contribution in [0.25, 0.3) is 0 Å². The highest BCUT2D eigenvalue weighted by molar-refractivity contribution is 5.46. The van der Waals surface area contributed by atoms with Crippen LogP contribution in [0.15, 0.2) is 12.4 Å². The fourth-order valence-corrected chi connectivity index (χ4v) is 1.97. The van der Waals surface area contributed by atoms with Gasteiger partial charge >= 0.3 is 0 Å². The first-order valence-electron chi connectivity index (χ1n) is 6.27. The highest BCUT2D eigenvalue weighted by Gasteiger charge is 2.12. The molecule has 1 heterocycles. The van der Waals surface area contributed by atoms with Crippen molar-refractivity contribution >= 4 is 5.82 Å². The summed E-state index contributed by atoms with van der Waals surface area (Å²) < 4.78 is 0. The van der Waals surface area contributed by atoms with E-state index in [9.17, 15) is 0 Å². The zero-order chi connectivity index (χ0) is 13.5. The molecule has 0 spiro atoms. The predicted octanol–water partition coefficient (Wildman–Crippen LogP) is 1.88. The second-order valence-corrected chi connectivity index (χ2v) is 4.72. The van der Waals surface area contributed by atoms with Crippen molar-refractivity contribution in [2.45, 2.75) is 39.8 Å². The molecule has 98 valence electrons. The number of anilines is 1. The quantitative estimate of drug-likeness (QED) is 0.831. The van der Waals surface area contributed by atoms with Crippen molar-refractivity contribution in [2.75, 3.05) is 18.4 Å². The van der Waals surface area contributed by atoms with Gasteiger partial charge in [0.25, 0.3) is 0 Å². The Bertz CT molecular complexity index is 400. The molecular formula is C13H21N5. The molecule has 0 atom stereocenters. The van der Waals surface area contributed by atoms with Crippen molar-refractivity contribution in [3.63, 3.8) is 0 Å². The Morgan fingerprint density at radius 2 is 1.83 bits per heavy atom. The van der Waals surface area contributed by atoms with Crippen LogP contribution in [0.5, 0.6) is 0 Å². The van der Waals surface area contributed by atoms with Crippen LogP contribution in [0.1, 0.15) is 33.4 Å². The summed E-state index contributed by atoms with van der Waals surface area (Å²) in [6, 6.07) is 3.04. The lowest BCUT2D eigenvalue weighted by Crippen LogP contribution is -2.40. The molecule has 5 heteroatoms. The van der Waals surface area contributed by atoms with Crippen LogP contribution >= 0.6 is 0 Å². The number of hydrogen-bond donors (Lipinski definition) is 1. The van der Waals surface area contributed by atoms with Crippen molar-refractivity contribution in [2.24, 2.45) is 0 Å². The fourth-order valence-electron chi connectivity index (χ4n) is 1.97. The monoisotopic (exact) mass is 247 g/mol. The Labute approximate surface area is 109 Å². The Balaban J connectivity index is 2.53. The van der Waals surface area contributed by atoms with E-state index in [1.54, 1.807) is 6.20 Å². The highest BCUT2D eigenvalue weighted by Crippen LogP contribution is 2.07. The average molecular weight is 247 g/mol. The number of rotatable bonds is 6. The third kappa shape index (κ3) is 3.97. The summed E-state index contributed by atoms with van der Waals surface area (Å²) in [5, 5.41) is 12.1. The lowest BCUT2D eigenvalue weighted by molar-refractivity contribution is 0.182. The molecule has 1 aromatic rings. The summed E-state index contributed by atoms with van der Waals surface area (Å²) in [4.78, 5) is 10.5. The molecule has 0 aliphatic heterocycles. The maximum Gasteiger partial charge on any atom is 0.182 e. The van der Waals surface area contributed by atoms with Gasteiger partial charge in [-0.25, -0.2) is 9.97 Å². The van der Waals surface area contributed by atoms with Crippen molar-refractivity contribution in [1.29, 1.82) is 5.26 Å². The molecule has 18 heavy (non-hydrogen) atoms. The van der Waals surface area contributed by atoms with Gasteiger partial charge in [0.05, 0.1) is 0 Å². The van der Waals surface area contributed by atoms with Gasteiger partial charge in [-0.3, -0.25) is 4.90 Å². The molecule has 0 fully saturated rings. The van der Waals surface area contributed by atoms with E-state index in [1.165, 1.54) is 6.20 Å². The zero-order valence-electron chi connectivity index (χ0n) is 11.5. The third-order valence-corrected chi connectivity index (χ3v) is 2.79. The van der Waals surface area contributed by atoms with Crippen molar-refractivity contribution < 1.29 is 0 Å². The lowest BCUT2D eigenvalue weighted by atomic mass is 10.2. The summed E-state index contributed by atoms with van der Waals surface area (Å²) in [6.07, 6.45) is 3.12. The SMILES string of the molecule is CC(C)N(CCNc1nccnc1C#N)C(C)C. The van der Waals surface area contributed by atoms with Gasteiger partial charge < -0.3 is 5.32 Å². The van der Waals surface area contributed by atoms with Crippen LogP contribution in [0, 0.1) is 11.3 Å². The second kappa shape index (κ2) is 6.92. The minimum Gasteiger partial charge on any atom is -0.366 e. The number of hydrogen-bond acceptors (Lipinski definition) is 5. The first kappa shape index (κ1) is 14.4. The molecule has 0 saturated carbocycles. The summed E-state index contributed by atoms with van der Waals surface area (Å²) in [5.41, 5.74) is 0.346. The molecule has 0 bridgehead atoms. The molecule has 0 amide bonds. The Hall–Kier alpha value is -1.67. The van der Waals surface area contributed by atoms with Crippen molar-refractivity contribution in [1.82, 2.24) is 14.9 Å². The number of nitrogens with zero attached hydrogens (tertiary/aromatic N) is 4. The first-order valence-corrected chi connectivity index (χ1v) is 6.27. The van der Waals surface area contributed by atoms with Gasteiger partial charge in [0.2, 0.25) is 0 Å². The summed E-state index contributed by atoms with van der Waals surface area (Å²) in [5.74, 6) is 0.562. The fraction of sp³-hybridized carbons (Fsp3) is 0.615. The smallest absolute Gasteiger partial charge is 0.182 e. The topological polar surface area (TPSA) is 64.8 Å². The molecule has 0 unspecified atom stereocenters. The molecule has 5 nitrogen and oxygen atoms in total. The minimum absolute atomic E-state index is 0.346. The van der Waals surface area contributed by atoms with Gasteiger partial charge in [-0.05, 0) is 27.7 Å². The molecule has 0 radical (unpaired) electrons. The van der Waals surface area contributed by atoms with Crippen LogP contribution < -0.4 is 5.32 Å². The minimum atomic E-state index is 0.346. The molecule has 1 rings (SSSR count). The van der Waals surface area contributed by atoms with E-state index in [4.69, 9.17) is 5.26 Å². The molecule has 0 aromatic carbocycles. The van der Waals surface area contributed by atoms with Crippen LogP contribution in [0.4, 0.5) is 5.82 Å². The standard InChI is InChI=1S/C13H21N5/c1-10(2)18(11(3)4)8-7-17-13-12(9-14)15-5-6-16-13/h5-6,10-11H,7-8H2,1-4H3,(H,16,17). The van der Waals surface area contributed by atoms with Crippen LogP contribution in [-0.4, -0.2) is 40.0 Å². The van der Waals surface area contributed by atoms with Crippen molar-refractivity contribution in [3.8, 4) is 6.07 Å². The Morgan fingerprint density at radius 1 is 1.22 bits per heavy atom. The van der Waals surface area contributed by atoms with Gasteiger partial charge in [0.15, 0.2) is 11.5 Å². The molecule has 0 aliphatic rings. The summed E-state index contributed by atoms with van der Waals surface area (Å²) in [6.45, 7) is 10.4. The van der Waals surface area contributed by atoms with Gasteiger partial charge in [0, 0.05) is 37.6 Å². The third-order valence-electron chi connectivity index (χ3n) is 2.79. The Morgan fingerprint density at radius 3 is 2.39 bits per heavy atom. The zero-order valence-corrected chi connectivity index (χ0v) is 11.5. The second-order valence-electron chi connectivity index (χ2n) is 4.72. The van der Waals surface area contributed by atoms with E-state index < -0.39 is 0 Å². The molecule has 1 aromatic heterocycles. The van der Waals surface area contributed by atoms with Crippen LogP contribution in [0.3, 0.4) is 0 Å². The molecular weight excluding hydrogens is 226 g/mol. The van der Waals surface area contributed by atoms with Gasteiger partial charge in [-0.2, -0.15) is 5.26 Å². The predicted molar refractivity (Wildman–Crippen MR) is 72.2 cm³/mol. The van der Waals surface area contributed by atoms with E-state index in [1.807, 2.05) is 6.07 Å². The average Bonchev–Trinajstić information content (AvgIpc) is 2.34. The summed E-state index contributed by atoms with van der Waals surface area (Å²) in [7, 11) is 0. The summed E-state index contributed by atoms with van der Waals surface area (Å²) >= 11 is 0. The Kier molecular flexibility index (Phi) is 5.53. The first-order chi connectivity index (χ1) is 8.56. The van der Waals surface area contributed by atoms with E-state index >= 15 is 0 Å². The van der Waals surface area contributed by atoms with E-state index in [0.29, 0.717) is 23.6 Å². The van der Waals surface area contributed by atoms with Gasteiger partial charge in [-0.15, -0.1) is 0 Å². The lowest BCUT2D eigenvalue weighted by Gasteiger charge is -2.30. The maximum atomic E-state index is 8.90. The van der Waals surface area contributed by atoms with Gasteiger partial charge in [-0.1, -0.05) is 0 Å². The van der Waals surface area contributed by atoms with E-state index in [0.717, 1.165) is 13.1 Å². The number of aromatic nitrogens is 2. The van der Waals surface area contributed by atoms with Gasteiger partial charge in [0.1, 0.15) is 6.07 Å². The number of nitriles is 1. The van der Waals surface area contributed by atoms with E-state index in [-0.39, 0.29) is 0 Å². The normalized spacial score (nSPS) is 11.0. The highest BCUT2D eigenvalue weighted by atomic mass is 15.2.